The Balaban J connectivity index is 2.13. The van der Waals surface area contributed by atoms with E-state index in [1.54, 1.807) is 0 Å². The Morgan fingerprint density at radius 2 is 2.24 bits per heavy atom. The van der Waals surface area contributed by atoms with Crippen LogP contribution in [0.2, 0.25) is 0 Å². The Hall–Kier alpha value is -1.02. The van der Waals surface area contributed by atoms with Gasteiger partial charge in [-0.3, -0.25) is 0 Å². The Bertz CT molecular complexity index is 362. The van der Waals surface area contributed by atoms with Crippen LogP contribution < -0.4 is 10.1 Å². The van der Waals surface area contributed by atoms with E-state index in [0.717, 1.165) is 38.2 Å². The second-order valence-electron chi connectivity index (χ2n) is 4.73. The summed E-state index contributed by atoms with van der Waals surface area (Å²) in [5.41, 5.74) is 2.79. The molecule has 1 unspecified atom stereocenters. The number of benzene rings is 1. The van der Waals surface area contributed by atoms with Crippen molar-refractivity contribution in [2.75, 3.05) is 13.2 Å². The van der Waals surface area contributed by atoms with E-state index in [2.05, 4.69) is 37.4 Å². The summed E-state index contributed by atoms with van der Waals surface area (Å²) in [7, 11) is 0. The van der Waals surface area contributed by atoms with Gasteiger partial charge in [0.05, 0.1) is 6.61 Å². The maximum absolute atomic E-state index is 5.65. The molecule has 0 spiro atoms. The number of aryl methyl sites for hydroxylation is 1. The molecule has 0 radical (unpaired) electrons. The maximum Gasteiger partial charge on any atom is 0.122 e. The number of fused-ring (bicyclic) bond motifs is 1. The monoisotopic (exact) mass is 233 g/mol. The summed E-state index contributed by atoms with van der Waals surface area (Å²) in [5.74, 6) is 1.09. The molecule has 0 fully saturated rings. The van der Waals surface area contributed by atoms with Gasteiger partial charge < -0.3 is 10.1 Å². The molecule has 1 aromatic rings. The predicted octanol–water partition coefficient (Wildman–Crippen LogP) is 3.46. The largest absolute Gasteiger partial charge is 0.493 e. The summed E-state index contributed by atoms with van der Waals surface area (Å²) >= 11 is 0. The van der Waals surface area contributed by atoms with Crippen molar-refractivity contribution in [3.05, 3.63) is 29.3 Å². The summed E-state index contributed by atoms with van der Waals surface area (Å²) in [5, 5.41) is 3.60. The number of rotatable bonds is 5. The quantitative estimate of drug-likeness (QED) is 0.841. The molecule has 0 bridgehead atoms. The van der Waals surface area contributed by atoms with Crippen molar-refractivity contribution in [2.45, 2.75) is 45.6 Å². The Labute approximate surface area is 104 Å². The minimum Gasteiger partial charge on any atom is -0.493 e. The molecule has 0 aliphatic carbocycles. The van der Waals surface area contributed by atoms with E-state index < -0.39 is 0 Å². The van der Waals surface area contributed by atoms with E-state index in [1.165, 1.54) is 17.5 Å². The molecule has 2 nitrogen and oxygen atoms in total. The molecule has 0 amide bonds. The van der Waals surface area contributed by atoms with E-state index in [-0.39, 0.29) is 0 Å². The highest BCUT2D eigenvalue weighted by Gasteiger charge is 2.14. The van der Waals surface area contributed by atoms with Crippen LogP contribution in [0.3, 0.4) is 0 Å². The lowest BCUT2D eigenvalue weighted by molar-refractivity contribution is 0.288. The molecule has 94 valence electrons. The SMILES string of the molecule is CCCNC(CC)c1ccc2c(c1)CCCO2. The zero-order chi connectivity index (χ0) is 12.1. The van der Waals surface area contributed by atoms with Crippen LogP contribution in [-0.4, -0.2) is 13.2 Å². The first-order valence-corrected chi connectivity index (χ1v) is 6.84. The van der Waals surface area contributed by atoms with Crippen LogP contribution in [0.25, 0.3) is 0 Å². The lowest BCUT2D eigenvalue weighted by Gasteiger charge is -2.22. The first-order valence-electron chi connectivity index (χ1n) is 6.84. The third-order valence-corrected chi connectivity index (χ3v) is 3.38. The van der Waals surface area contributed by atoms with Crippen molar-refractivity contribution in [1.82, 2.24) is 5.32 Å². The van der Waals surface area contributed by atoms with Crippen LogP contribution in [0.15, 0.2) is 18.2 Å². The van der Waals surface area contributed by atoms with Crippen molar-refractivity contribution in [3.8, 4) is 5.75 Å². The summed E-state index contributed by atoms with van der Waals surface area (Å²) in [6.45, 7) is 6.41. The minimum absolute atomic E-state index is 0.488. The molecule has 1 N–H and O–H groups in total. The molecular weight excluding hydrogens is 210 g/mol. The standard InChI is InChI=1S/C15H23NO/c1-3-9-16-14(4-2)12-7-8-15-13(11-12)6-5-10-17-15/h7-8,11,14,16H,3-6,9-10H2,1-2H3. The molecule has 2 heteroatoms. The highest BCUT2D eigenvalue weighted by Crippen LogP contribution is 2.28. The second kappa shape index (κ2) is 6.06. The fourth-order valence-electron chi connectivity index (χ4n) is 2.41. The fraction of sp³-hybridized carbons (Fsp3) is 0.600. The van der Waals surface area contributed by atoms with Crippen LogP contribution in [0.1, 0.15) is 50.3 Å². The molecule has 0 aromatic heterocycles. The van der Waals surface area contributed by atoms with Gasteiger partial charge in [0.1, 0.15) is 5.75 Å². The van der Waals surface area contributed by atoms with E-state index in [9.17, 15) is 0 Å². The lowest BCUT2D eigenvalue weighted by atomic mass is 9.98. The van der Waals surface area contributed by atoms with E-state index in [1.807, 2.05) is 0 Å². The number of hydrogen-bond acceptors (Lipinski definition) is 2. The zero-order valence-corrected chi connectivity index (χ0v) is 11.0. The Morgan fingerprint density at radius 1 is 1.35 bits per heavy atom. The van der Waals surface area contributed by atoms with Gasteiger partial charge in [0.2, 0.25) is 0 Å². The number of nitrogens with one attached hydrogen (secondary N) is 1. The van der Waals surface area contributed by atoms with Crippen LogP contribution >= 0.6 is 0 Å². The van der Waals surface area contributed by atoms with Crippen molar-refractivity contribution in [2.24, 2.45) is 0 Å². The summed E-state index contributed by atoms with van der Waals surface area (Å²) in [4.78, 5) is 0. The molecule has 1 aliphatic rings. The average Bonchev–Trinajstić information content (AvgIpc) is 2.39. The van der Waals surface area contributed by atoms with Crippen molar-refractivity contribution in [1.29, 1.82) is 0 Å². The molecular formula is C15H23NO. The summed E-state index contributed by atoms with van der Waals surface area (Å²) in [6, 6.07) is 7.16. The van der Waals surface area contributed by atoms with Gasteiger partial charge in [0, 0.05) is 6.04 Å². The Kier molecular flexibility index (Phi) is 4.43. The van der Waals surface area contributed by atoms with Gasteiger partial charge in [-0.1, -0.05) is 26.0 Å². The molecule has 0 saturated heterocycles. The molecule has 1 heterocycles. The molecule has 2 rings (SSSR count). The Morgan fingerprint density at radius 3 is 3.00 bits per heavy atom. The van der Waals surface area contributed by atoms with E-state index in [0.29, 0.717) is 6.04 Å². The van der Waals surface area contributed by atoms with Crippen molar-refractivity contribution >= 4 is 0 Å². The van der Waals surface area contributed by atoms with Crippen LogP contribution in [-0.2, 0) is 6.42 Å². The molecule has 1 aromatic carbocycles. The van der Waals surface area contributed by atoms with Gasteiger partial charge >= 0.3 is 0 Å². The molecule has 17 heavy (non-hydrogen) atoms. The lowest BCUT2D eigenvalue weighted by Crippen LogP contribution is -2.21. The van der Waals surface area contributed by atoms with E-state index >= 15 is 0 Å². The first-order chi connectivity index (χ1) is 8.35. The fourth-order valence-corrected chi connectivity index (χ4v) is 2.41. The van der Waals surface area contributed by atoms with E-state index in [4.69, 9.17) is 4.74 Å². The topological polar surface area (TPSA) is 21.3 Å². The molecule has 1 atom stereocenters. The van der Waals surface area contributed by atoms with Crippen molar-refractivity contribution < 1.29 is 4.74 Å². The van der Waals surface area contributed by atoms with Crippen LogP contribution in [0.5, 0.6) is 5.75 Å². The number of hydrogen-bond donors (Lipinski definition) is 1. The highest BCUT2D eigenvalue weighted by atomic mass is 16.5. The van der Waals surface area contributed by atoms with Crippen molar-refractivity contribution in [3.63, 3.8) is 0 Å². The molecule has 0 saturated carbocycles. The second-order valence-corrected chi connectivity index (χ2v) is 4.73. The summed E-state index contributed by atoms with van der Waals surface area (Å²) < 4.78 is 5.65. The van der Waals surface area contributed by atoms with Gasteiger partial charge in [-0.05, 0) is 49.4 Å². The maximum atomic E-state index is 5.65. The smallest absolute Gasteiger partial charge is 0.122 e. The first kappa shape index (κ1) is 12.4. The highest BCUT2D eigenvalue weighted by molar-refractivity contribution is 5.39. The molecule has 1 aliphatic heterocycles. The van der Waals surface area contributed by atoms with Gasteiger partial charge in [0.15, 0.2) is 0 Å². The third kappa shape index (κ3) is 3.01. The average molecular weight is 233 g/mol. The van der Waals surface area contributed by atoms with Gasteiger partial charge in [-0.2, -0.15) is 0 Å². The normalized spacial score (nSPS) is 16.1. The zero-order valence-electron chi connectivity index (χ0n) is 11.0. The minimum atomic E-state index is 0.488. The van der Waals surface area contributed by atoms with Gasteiger partial charge in [0.25, 0.3) is 0 Å². The predicted molar refractivity (Wildman–Crippen MR) is 71.6 cm³/mol. The third-order valence-electron chi connectivity index (χ3n) is 3.38. The summed E-state index contributed by atoms with van der Waals surface area (Å²) in [6.07, 6.45) is 4.63. The van der Waals surface area contributed by atoms with Gasteiger partial charge in [-0.25, -0.2) is 0 Å². The van der Waals surface area contributed by atoms with Crippen LogP contribution in [0.4, 0.5) is 0 Å². The van der Waals surface area contributed by atoms with Gasteiger partial charge in [-0.15, -0.1) is 0 Å². The number of ether oxygens (including phenoxy) is 1. The van der Waals surface area contributed by atoms with Crippen LogP contribution in [0, 0.1) is 0 Å².